The van der Waals surface area contributed by atoms with Crippen LogP contribution in [0.1, 0.15) is 10.4 Å². The standard InChI is InChI=1S/C12H8N2O4/c15-9-5-7-13(8-6-9)12(16)10-3-1-2-4-11(10)14(17)18/h1-8H. The van der Waals surface area contributed by atoms with Crippen molar-refractivity contribution in [1.82, 2.24) is 4.57 Å². The highest BCUT2D eigenvalue weighted by atomic mass is 16.6. The summed E-state index contributed by atoms with van der Waals surface area (Å²) in [7, 11) is 0. The first-order valence-corrected chi connectivity index (χ1v) is 5.06. The zero-order valence-corrected chi connectivity index (χ0v) is 9.15. The van der Waals surface area contributed by atoms with Gasteiger partial charge in [-0.3, -0.25) is 24.3 Å². The molecular formula is C12H8N2O4. The summed E-state index contributed by atoms with van der Waals surface area (Å²) < 4.78 is 1.13. The Morgan fingerprint density at radius 3 is 2.33 bits per heavy atom. The highest BCUT2D eigenvalue weighted by Gasteiger charge is 2.19. The molecule has 0 amide bonds. The third-order valence-corrected chi connectivity index (χ3v) is 2.36. The molecule has 0 saturated carbocycles. The van der Waals surface area contributed by atoms with Crippen molar-refractivity contribution >= 4 is 11.6 Å². The van der Waals surface area contributed by atoms with E-state index in [4.69, 9.17) is 0 Å². The van der Waals surface area contributed by atoms with Gasteiger partial charge in [0.15, 0.2) is 5.43 Å². The molecule has 1 aromatic heterocycles. The van der Waals surface area contributed by atoms with Gasteiger partial charge in [0.05, 0.1) is 4.92 Å². The van der Waals surface area contributed by atoms with E-state index in [0.29, 0.717) is 0 Å². The van der Waals surface area contributed by atoms with E-state index in [1.54, 1.807) is 6.07 Å². The van der Waals surface area contributed by atoms with Crippen LogP contribution in [0.2, 0.25) is 0 Å². The van der Waals surface area contributed by atoms with Crippen molar-refractivity contribution in [3.8, 4) is 0 Å². The van der Waals surface area contributed by atoms with Crippen LogP contribution >= 0.6 is 0 Å². The van der Waals surface area contributed by atoms with Crippen molar-refractivity contribution in [2.75, 3.05) is 0 Å². The molecule has 0 aliphatic rings. The van der Waals surface area contributed by atoms with Crippen molar-refractivity contribution in [1.29, 1.82) is 0 Å². The first-order valence-electron chi connectivity index (χ1n) is 5.06. The summed E-state index contributed by atoms with van der Waals surface area (Å²) in [6, 6.07) is 8.09. The van der Waals surface area contributed by atoms with Gasteiger partial charge in [0.25, 0.3) is 11.6 Å². The summed E-state index contributed by atoms with van der Waals surface area (Å²) in [4.78, 5) is 33.2. The molecule has 90 valence electrons. The lowest BCUT2D eigenvalue weighted by molar-refractivity contribution is -0.385. The number of hydrogen-bond acceptors (Lipinski definition) is 4. The van der Waals surface area contributed by atoms with Crippen LogP contribution in [-0.4, -0.2) is 15.4 Å². The van der Waals surface area contributed by atoms with Crippen LogP contribution < -0.4 is 5.43 Å². The fraction of sp³-hybridized carbons (Fsp3) is 0. The number of para-hydroxylation sites is 1. The minimum absolute atomic E-state index is 0.0221. The molecule has 2 rings (SSSR count). The number of nitrogens with zero attached hydrogens (tertiary/aromatic N) is 2. The van der Waals surface area contributed by atoms with Gasteiger partial charge in [-0.15, -0.1) is 0 Å². The Labute approximate surface area is 101 Å². The number of carbonyl (C=O) groups excluding carboxylic acids is 1. The SMILES string of the molecule is O=C(c1ccccc1[N+](=O)[O-])n1ccc(=O)cc1. The molecule has 0 bridgehead atoms. The third kappa shape index (κ3) is 2.17. The largest absolute Gasteiger partial charge is 0.290 e. The summed E-state index contributed by atoms with van der Waals surface area (Å²) in [5.74, 6) is -0.553. The van der Waals surface area contributed by atoms with E-state index in [2.05, 4.69) is 0 Å². The minimum atomic E-state index is -0.615. The average Bonchev–Trinajstić information content (AvgIpc) is 2.39. The van der Waals surface area contributed by atoms with Crippen LogP contribution in [0.4, 0.5) is 5.69 Å². The summed E-state index contributed by atoms with van der Waals surface area (Å²) in [6.45, 7) is 0. The maximum atomic E-state index is 12.0. The molecule has 0 aliphatic carbocycles. The van der Waals surface area contributed by atoms with Crippen LogP contribution in [0.15, 0.2) is 53.6 Å². The summed E-state index contributed by atoms with van der Waals surface area (Å²) in [5, 5.41) is 10.8. The number of benzene rings is 1. The normalized spacial score (nSPS) is 10.0. The fourth-order valence-electron chi connectivity index (χ4n) is 1.50. The van der Waals surface area contributed by atoms with Gasteiger partial charge in [-0.2, -0.15) is 0 Å². The highest BCUT2D eigenvalue weighted by molar-refractivity contribution is 5.99. The Kier molecular flexibility index (Phi) is 3.01. The number of pyridine rings is 1. The quantitative estimate of drug-likeness (QED) is 0.591. The molecule has 0 fully saturated rings. The molecule has 0 unspecified atom stereocenters. The molecule has 0 atom stereocenters. The lowest BCUT2D eigenvalue weighted by Crippen LogP contribution is -2.15. The maximum Gasteiger partial charge on any atom is 0.282 e. The summed E-state index contributed by atoms with van der Waals surface area (Å²) in [5.41, 5.74) is -0.519. The summed E-state index contributed by atoms with van der Waals surface area (Å²) in [6.07, 6.45) is 2.56. The van der Waals surface area contributed by atoms with Gasteiger partial charge < -0.3 is 0 Å². The summed E-state index contributed by atoms with van der Waals surface area (Å²) >= 11 is 0. The van der Waals surface area contributed by atoms with E-state index in [-0.39, 0.29) is 16.7 Å². The molecule has 2 aromatic rings. The zero-order chi connectivity index (χ0) is 13.1. The molecule has 1 heterocycles. The molecule has 0 aliphatic heterocycles. The monoisotopic (exact) mass is 244 g/mol. The van der Waals surface area contributed by atoms with Gasteiger partial charge in [0.2, 0.25) is 0 Å². The van der Waals surface area contributed by atoms with Gasteiger partial charge in [0, 0.05) is 30.6 Å². The molecule has 0 radical (unpaired) electrons. The average molecular weight is 244 g/mol. The Hall–Kier alpha value is -2.76. The van der Waals surface area contributed by atoms with Crippen LogP contribution in [0.3, 0.4) is 0 Å². The predicted molar refractivity (Wildman–Crippen MR) is 63.5 cm³/mol. The topological polar surface area (TPSA) is 82.2 Å². The number of aromatic nitrogens is 1. The lowest BCUT2D eigenvalue weighted by Gasteiger charge is -2.04. The molecule has 18 heavy (non-hydrogen) atoms. The Morgan fingerprint density at radius 1 is 1.11 bits per heavy atom. The smallest absolute Gasteiger partial charge is 0.282 e. The van der Waals surface area contributed by atoms with Gasteiger partial charge in [-0.25, -0.2) is 0 Å². The van der Waals surface area contributed by atoms with E-state index in [1.165, 1.54) is 42.7 Å². The van der Waals surface area contributed by atoms with Crippen LogP contribution in [0, 0.1) is 10.1 Å². The number of nitro benzene ring substituents is 1. The predicted octanol–water partition coefficient (Wildman–Crippen LogP) is 1.44. The Balaban J connectivity index is 2.49. The van der Waals surface area contributed by atoms with Crippen molar-refractivity contribution in [3.63, 3.8) is 0 Å². The Bertz CT molecular complexity index is 655. The first-order chi connectivity index (χ1) is 8.59. The Morgan fingerprint density at radius 2 is 1.72 bits per heavy atom. The van der Waals surface area contributed by atoms with Gasteiger partial charge in [-0.1, -0.05) is 12.1 Å². The molecule has 1 aromatic carbocycles. The second kappa shape index (κ2) is 4.62. The highest BCUT2D eigenvalue weighted by Crippen LogP contribution is 2.18. The first kappa shape index (κ1) is 11.7. The van der Waals surface area contributed by atoms with E-state index in [1.807, 2.05) is 0 Å². The molecule has 6 nitrogen and oxygen atoms in total. The fourth-order valence-corrected chi connectivity index (χ4v) is 1.50. The second-order valence-corrected chi connectivity index (χ2v) is 3.52. The van der Waals surface area contributed by atoms with Gasteiger partial charge >= 0.3 is 0 Å². The van der Waals surface area contributed by atoms with E-state index < -0.39 is 10.8 Å². The third-order valence-electron chi connectivity index (χ3n) is 2.36. The molecule has 0 spiro atoms. The van der Waals surface area contributed by atoms with Crippen LogP contribution in [-0.2, 0) is 0 Å². The van der Waals surface area contributed by atoms with Crippen LogP contribution in [0.5, 0.6) is 0 Å². The van der Waals surface area contributed by atoms with Crippen molar-refractivity contribution in [3.05, 3.63) is 74.7 Å². The number of rotatable bonds is 2. The molecule has 0 saturated heterocycles. The van der Waals surface area contributed by atoms with Crippen molar-refractivity contribution in [2.24, 2.45) is 0 Å². The number of carbonyl (C=O) groups is 1. The minimum Gasteiger partial charge on any atom is -0.290 e. The van der Waals surface area contributed by atoms with Crippen molar-refractivity contribution in [2.45, 2.75) is 0 Å². The van der Waals surface area contributed by atoms with Gasteiger partial charge in [0.1, 0.15) is 5.56 Å². The van der Waals surface area contributed by atoms with E-state index in [9.17, 15) is 19.7 Å². The second-order valence-electron chi connectivity index (χ2n) is 3.52. The van der Waals surface area contributed by atoms with E-state index >= 15 is 0 Å². The molecular weight excluding hydrogens is 236 g/mol. The molecule has 0 N–H and O–H groups in total. The van der Waals surface area contributed by atoms with Gasteiger partial charge in [-0.05, 0) is 6.07 Å². The van der Waals surface area contributed by atoms with E-state index in [0.717, 1.165) is 4.57 Å². The maximum absolute atomic E-state index is 12.0. The zero-order valence-electron chi connectivity index (χ0n) is 9.15. The number of nitro groups is 1. The van der Waals surface area contributed by atoms with Crippen LogP contribution in [0.25, 0.3) is 0 Å². The number of hydrogen-bond donors (Lipinski definition) is 0. The van der Waals surface area contributed by atoms with Crippen molar-refractivity contribution < 1.29 is 9.72 Å². The lowest BCUT2D eigenvalue weighted by atomic mass is 10.1. The molecule has 6 heteroatoms.